The summed E-state index contributed by atoms with van der Waals surface area (Å²) in [5.41, 5.74) is 0.897. The van der Waals surface area contributed by atoms with Crippen LogP contribution < -0.4 is 0 Å². The first-order valence-electron chi connectivity index (χ1n) is 10.4. The molecule has 0 saturated carbocycles. The summed E-state index contributed by atoms with van der Waals surface area (Å²) in [7, 11) is 0. The van der Waals surface area contributed by atoms with Crippen LogP contribution in [-0.4, -0.2) is 62.5 Å². The molecule has 172 valence electrons. The summed E-state index contributed by atoms with van der Waals surface area (Å²) in [6.07, 6.45) is 1.26. The average molecular weight is 437 g/mol. The largest absolute Gasteiger partial charge is 0.511 e. The van der Waals surface area contributed by atoms with Gasteiger partial charge >= 0.3 is 0 Å². The van der Waals surface area contributed by atoms with E-state index in [2.05, 4.69) is 0 Å². The Hall–Kier alpha value is -2.39. The van der Waals surface area contributed by atoms with E-state index in [4.69, 9.17) is 9.47 Å². The normalized spacial score (nSPS) is 24.6. The van der Waals surface area contributed by atoms with Crippen LogP contribution in [0.25, 0.3) is 0 Å². The van der Waals surface area contributed by atoms with Crippen LogP contribution in [0.2, 0.25) is 0 Å². The molecular weight excluding hydrogens is 404 g/mol. The van der Waals surface area contributed by atoms with Crippen molar-refractivity contribution in [2.45, 2.75) is 64.1 Å². The zero-order valence-electron chi connectivity index (χ0n) is 17.8. The Kier molecular flexibility index (Phi) is 9.51. The van der Waals surface area contributed by atoms with Crippen molar-refractivity contribution in [1.29, 1.82) is 0 Å². The quantitative estimate of drug-likeness (QED) is 0.279. The van der Waals surface area contributed by atoms with E-state index >= 15 is 0 Å². The summed E-state index contributed by atoms with van der Waals surface area (Å²) < 4.78 is 11.1. The van der Waals surface area contributed by atoms with Gasteiger partial charge in [-0.25, -0.2) is 0 Å². The molecule has 1 aromatic carbocycles. The number of rotatable bonds is 10. The van der Waals surface area contributed by atoms with Gasteiger partial charge in [-0.3, -0.25) is 4.79 Å². The molecular formula is C23H32O8. The molecule has 1 saturated heterocycles. The fourth-order valence-corrected chi connectivity index (χ4v) is 3.31. The number of aryl methyl sites for hydroxylation is 1. The van der Waals surface area contributed by atoms with Crippen LogP contribution in [0.4, 0.5) is 0 Å². The molecule has 0 aliphatic carbocycles. The molecule has 1 aliphatic rings. The molecule has 5 atom stereocenters. The van der Waals surface area contributed by atoms with Crippen molar-refractivity contribution in [3.05, 3.63) is 53.5 Å². The molecule has 0 aromatic heterocycles. The second-order valence-corrected chi connectivity index (χ2v) is 7.85. The Balaban J connectivity index is 1.87. The van der Waals surface area contributed by atoms with Crippen LogP contribution >= 0.6 is 0 Å². The van der Waals surface area contributed by atoms with Crippen LogP contribution in [0.1, 0.15) is 38.7 Å². The van der Waals surface area contributed by atoms with Gasteiger partial charge in [-0.2, -0.15) is 0 Å². The molecule has 0 amide bonds. The summed E-state index contributed by atoms with van der Waals surface area (Å²) in [5.74, 6) is -1.34. The van der Waals surface area contributed by atoms with Gasteiger partial charge in [0.1, 0.15) is 23.1 Å². The minimum absolute atomic E-state index is 0.156. The van der Waals surface area contributed by atoms with E-state index < -0.39 is 30.5 Å². The fraction of sp³-hybridized carbons (Fsp3) is 0.522. The van der Waals surface area contributed by atoms with E-state index in [9.17, 15) is 30.3 Å². The Bertz CT molecular complexity index is 770. The average Bonchev–Trinajstić information content (AvgIpc) is 2.71. The van der Waals surface area contributed by atoms with Crippen molar-refractivity contribution in [2.75, 3.05) is 6.61 Å². The lowest BCUT2D eigenvalue weighted by Gasteiger charge is -2.33. The number of carbonyl (C=O) groups excluding carboxylic acids is 1. The van der Waals surface area contributed by atoms with E-state index in [1.807, 2.05) is 0 Å². The number of hydrogen-bond donors (Lipinski definition) is 5. The Morgan fingerprint density at radius 2 is 1.90 bits per heavy atom. The standard InChI is InChI=1S/C23H32O8/c1-14(30-23-12-19(27)10-20(13-24)31-23)9-18(26)11-22(29)15(2)21(28)8-5-16-3-6-17(25)7-4-16/h3-4,6-7,9,11,14-15,19-20,23-27,29H,5,8,10,12-13H2,1-2H3/b18-9+,22-11+/t14?,15?,19-,20-,23+/m0/s1. The number of phenols is 1. The lowest BCUT2D eigenvalue weighted by molar-refractivity contribution is -0.230. The molecule has 8 nitrogen and oxygen atoms in total. The maximum Gasteiger partial charge on any atom is 0.161 e. The van der Waals surface area contributed by atoms with Crippen molar-refractivity contribution in [3.8, 4) is 5.75 Å². The summed E-state index contributed by atoms with van der Waals surface area (Å²) in [5, 5.41) is 48.6. The van der Waals surface area contributed by atoms with Crippen LogP contribution in [0, 0.1) is 5.92 Å². The van der Waals surface area contributed by atoms with Crippen LogP contribution in [0.5, 0.6) is 5.75 Å². The van der Waals surface area contributed by atoms with Gasteiger partial charge in [0, 0.05) is 25.3 Å². The highest BCUT2D eigenvalue weighted by molar-refractivity contribution is 5.83. The number of aliphatic hydroxyl groups excluding tert-OH is 4. The van der Waals surface area contributed by atoms with Gasteiger partial charge in [0.05, 0.1) is 30.8 Å². The van der Waals surface area contributed by atoms with Crippen molar-refractivity contribution in [2.24, 2.45) is 5.92 Å². The third-order valence-electron chi connectivity index (χ3n) is 5.14. The first-order chi connectivity index (χ1) is 14.7. The summed E-state index contributed by atoms with van der Waals surface area (Å²) in [6.45, 7) is 3.00. The Labute approximate surface area is 182 Å². The number of benzene rings is 1. The zero-order valence-corrected chi connectivity index (χ0v) is 17.8. The van der Waals surface area contributed by atoms with Crippen LogP contribution in [0.3, 0.4) is 0 Å². The van der Waals surface area contributed by atoms with Gasteiger partial charge in [0.2, 0.25) is 0 Å². The van der Waals surface area contributed by atoms with Gasteiger partial charge < -0.3 is 35.0 Å². The molecule has 0 bridgehead atoms. The Morgan fingerprint density at radius 3 is 2.55 bits per heavy atom. The number of ether oxygens (including phenoxy) is 2. The van der Waals surface area contributed by atoms with Crippen LogP contribution in [0.15, 0.2) is 47.9 Å². The minimum Gasteiger partial charge on any atom is -0.511 e. The lowest BCUT2D eigenvalue weighted by atomic mass is 9.97. The number of carbonyl (C=O) groups is 1. The first-order valence-corrected chi connectivity index (χ1v) is 10.4. The summed E-state index contributed by atoms with van der Waals surface area (Å²) in [4.78, 5) is 12.3. The second kappa shape index (κ2) is 11.9. The van der Waals surface area contributed by atoms with Gasteiger partial charge in [-0.15, -0.1) is 0 Å². The monoisotopic (exact) mass is 436 g/mol. The van der Waals surface area contributed by atoms with Crippen molar-refractivity contribution in [1.82, 2.24) is 0 Å². The zero-order chi connectivity index (χ0) is 23.0. The predicted octanol–water partition coefficient (Wildman–Crippen LogP) is 2.68. The van der Waals surface area contributed by atoms with Gasteiger partial charge in [0.25, 0.3) is 0 Å². The van der Waals surface area contributed by atoms with E-state index in [0.717, 1.165) is 11.6 Å². The minimum atomic E-state index is -0.786. The highest BCUT2D eigenvalue weighted by Gasteiger charge is 2.29. The SMILES string of the molecule is CC(/C=C(O)\C=C(\O)C(C)C(=O)CCc1ccc(O)cc1)O[C@H]1C[C@@H](O)C[C@@H](CO)O1. The number of Topliss-reactive ketones (excluding diaryl/α,β-unsaturated/α-hetero) is 1. The lowest BCUT2D eigenvalue weighted by Crippen LogP contribution is -2.40. The van der Waals surface area contributed by atoms with Crippen molar-refractivity contribution >= 4 is 5.78 Å². The number of aliphatic hydroxyl groups is 4. The van der Waals surface area contributed by atoms with E-state index in [1.165, 1.54) is 6.08 Å². The molecule has 1 aromatic rings. The molecule has 5 N–H and O–H groups in total. The summed E-state index contributed by atoms with van der Waals surface area (Å²) >= 11 is 0. The maximum atomic E-state index is 12.3. The molecule has 2 rings (SSSR count). The van der Waals surface area contributed by atoms with Crippen molar-refractivity contribution in [3.63, 3.8) is 0 Å². The van der Waals surface area contributed by atoms with Gasteiger partial charge in [-0.05, 0) is 44.0 Å². The van der Waals surface area contributed by atoms with Crippen molar-refractivity contribution < 1.29 is 39.8 Å². The predicted molar refractivity (Wildman–Crippen MR) is 114 cm³/mol. The molecule has 0 radical (unpaired) electrons. The highest BCUT2D eigenvalue weighted by atomic mass is 16.7. The molecule has 0 spiro atoms. The number of ketones is 1. The summed E-state index contributed by atoms with van der Waals surface area (Å²) in [6, 6.07) is 6.57. The molecule has 2 unspecified atom stereocenters. The first kappa shape index (κ1) is 24.9. The van der Waals surface area contributed by atoms with E-state index in [1.54, 1.807) is 38.1 Å². The molecule has 1 aliphatic heterocycles. The third kappa shape index (κ3) is 8.34. The highest BCUT2D eigenvalue weighted by Crippen LogP contribution is 2.22. The Morgan fingerprint density at radius 1 is 1.23 bits per heavy atom. The molecule has 1 fully saturated rings. The van der Waals surface area contributed by atoms with E-state index in [0.29, 0.717) is 12.8 Å². The van der Waals surface area contributed by atoms with E-state index in [-0.39, 0.29) is 42.5 Å². The topological polar surface area (TPSA) is 137 Å². The maximum absolute atomic E-state index is 12.3. The number of hydrogen-bond acceptors (Lipinski definition) is 8. The number of aromatic hydroxyl groups is 1. The molecule has 8 heteroatoms. The van der Waals surface area contributed by atoms with Crippen LogP contribution in [-0.2, 0) is 20.7 Å². The molecule has 1 heterocycles. The van der Waals surface area contributed by atoms with Gasteiger partial charge in [0.15, 0.2) is 6.29 Å². The number of phenolic OH excluding ortho intramolecular Hbond substituents is 1. The second-order valence-electron chi connectivity index (χ2n) is 7.85. The molecule has 31 heavy (non-hydrogen) atoms. The third-order valence-corrected chi connectivity index (χ3v) is 5.14. The fourth-order valence-electron chi connectivity index (χ4n) is 3.31. The number of allylic oxidation sites excluding steroid dienone is 2. The van der Waals surface area contributed by atoms with Gasteiger partial charge in [-0.1, -0.05) is 12.1 Å². The smallest absolute Gasteiger partial charge is 0.161 e.